The number of hydrogen-bond acceptors (Lipinski definition) is 4. The largest absolute Gasteiger partial charge is 0.555 e. The van der Waals surface area contributed by atoms with Crippen LogP contribution in [-0.2, 0) is 13.3 Å². The van der Waals surface area contributed by atoms with Crippen LogP contribution in [0.4, 0.5) is 0 Å². The molecule has 90 valence electrons. The Kier molecular flexibility index (Phi) is 3.53. The Labute approximate surface area is 102 Å². The summed E-state index contributed by atoms with van der Waals surface area (Å²) in [6.07, 6.45) is 0. The molecule has 1 heterocycles. The Hall–Kier alpha value is -1.27. The summed E-state index contributed by atoms with van der Waals surface area (Å²) in [6.45, 7) is 0. The maximum atomic E-state index is 5.40. The monoisotopic (exact) mass is 249 g/mol. The molecule has 0 aliphatic rings. The molecule has 0 saturated carbocycles. The molecule has 5 heteroatoms. The van der Waals surface area contributed by atoms with Crippen molar-refractivity contribution in [2.45, 2.75) is 0 Å². The van der Waals surface area contributed by atoms with Crippen molar-refractivity contribution in [2.24, 2.45) is 0 Å². The Morgan fingerprint density at radius 2 is 1.53 bits per heavy atom. The van der Waals surface area contributed by atoms with Gasteiger partial charge in [-0.3, -0.25) is 0 Å². The van der Waals surface area contributed by atoms with Gasteiger partial charge in [0.05, 0.1) is 5.52 Å². The molecule has 0 unspecified atom stereocenters. The van der Waals surface area contributed by atoms with Gasteiger partial charge in [0.2, 0.25) is 0 Å². The van der Waals surface area contributed by atoms with Crippen LogP contribution in [0, 0.1) is 0 Å². The lowest BCUT2D eigenvalue weighted by atomic mass is 10.2. The van der Waals surface area contributed by atoms with E-state index in [1.165, 1.54) is 0 Å². The summed E-state index contributed by atoms with van der Waals surface area (Å²) >= 11 is 0. The number of nitrogens with zero attached hydrogens (tertiary/aromatic N) is 1. The first-order valence-corrected chi connectivity index (χ1v) is 7.00. The third-order valence-corrected chi connectivity index (χ3v) is 5.24. The second-order valence-electron chi connectivity index (χ2n) is 3.56. The zero-order valence-corrected chi connectivity index (χ0v) is 11.1. The second kappa shape index (κ2) is 4.93. The van der Waals surface area contributed by atoms with E-state index in [-0.39, 0.29) is 0 Å². The van der Waals surface area contributed by atoms with Gasteiger partial charge in [0.15, 0.2) is 0 Å². The summed E-state index contributed by atoms with van der Waals surface area (Å²) in [7, 11) is 1.92. The van der Waals surface area contributed by atoms with Gasteiger partial charge in [-0.05, 0) is 12.1 Å². The molecule has 0 atom stereocenters. The third-order valence-electron chi connectivity index (χ3n) is 2.72. The van der Waals surface area contributed by atoms with Crippen LogP contribution in [-0.4, -0.2) is 35.1 Å². The molecule has 0 bridgehead atoms. The van der Waals surface area contributed by atoms with E-state index in [0.29, 0.717) is 0 Å². The molecule has 0 amide bonds. The molecule has 0 aliphatic heterocycles. The first kappa shape index (κ1) is 12.2. The summed E-state index contributed by atoms with van der Waals surface area (Å²) in [5.74, 6) is 0. The first-order valence-electron chi connectivity index (χ1n) is 5.27. The fourth-order valence-electron chi connectivity index (χ4n) is 1.80. The van der Waals surface area contributed by atoms with Crippen LogP contribution in [0.5, 0.6) is 0 Å². The fraction of sp³-hybridized carbons (Fsp3) is 0.250. The molecular weight excluding hydrogens is 234 g/mol. The van der Waals surface area contributed by atoms with Gasteiger partial charge in [0.1, 0.15) is 5.32 Å². The number of pyridine rings is 1. The van der Waals surface area contributed by atoms with E-state index in [4.69, 9.17) is 13.3 Å². The van der Waals surface area contributed by atoms with Crippen LogP contribution < -0.4 is 5.32 Å². The standard InChI is InChI=1S/C12H15NO3Si/c1-14-17(15-2,16-3)12-9-8-10-6-4-5-7-11(10)13-12/h4-9H,1-3H3. The maximum absolute atomic E-state index is 5.40. The Morgan fingerprint density at radius 1 is 0.882 bits per heavy atom. The molecule has 0 aliphatic carbocycles. The fourth-order valence-corrected chi connectivity index (χ4v) is 3.47. The Bertz CT molecular complexity index is 506. The molecule has 0 fully saturated rings. The highest BCUT2D eigenvalue weighted by molar-refractivity contribution is 6.74. The molecule has 2 rings (SSSR count). The van der Waals surface area contributed by atoms with E-state index in [1.54, 1.807) is 21.3 Å². The molecular formula is C12H15NO3Si. The Morgan fingerprint density at radius 3 is 2.18 bits per heavy atom. The number of benzene rings is 1. The number of fused-ring (bicyclic) bond motifs is 1. The average Bonchev–Trinajstić information content (AvgIpc) is 2.41. The predicted octanol–water partition coefficient (Wildman–Crippen LogP) is 1.32. The van der Waals surface area contributed by atoms with Gasteiger partial charge < -0.3 is 13.3 Å². The van der Waals surface area contributed by atoms with E-state index >= 15 is 0 Å². The minimum Gasteiger partial charge on any atom is -0.373 e. The van der Waals surface area contributed by atoms with Crippen molar-refractivity contribution in [1.82, 2.24) is 4.98 Å². The highest BCUT2D eigenvalue weighted by atomic mass is 28.4. The maximum Gasteiger partial charge on any atom is 0.555 e. The van der Waals surface area contributed by atoms with Crippen LogP contribution >= 0.6 is 0 Å². The minimum atomic E-state index is -2.82. The molecule has 0 spiro atoms. The molecule has 1 aromatic heterocycles. The SMILES string of the molecule is CO[Si](OC)(OC)c1ccc2ccccc2n1. The summed E-state index contributed by atoms with van der Waals surface area (Å²) in [5, 5.41) is 1.81. The van der Waals surface area contributed by atoms with E-state index in [1.807, 2.05) is 36.4 Å². The number of rotatable bonds is 4. The molecule has 4 nitrogen and oxygen atoms in total. The van der Waals surface area contributed by atoms with Gasteiger partial charge in [-0.1, -0.05) is 24.3 Å². The van der Waals surface area contributed by atoms with Crippen molar-refractivity contribution < 1.29 is 13.3 Å². The normalized spacial score (nSPS) is 11.9. The van der Waals surface area contributed by atoms with Crippen LogP contribution in [0.1, 0.15) is 0 Å². The van der Waals surface area contributed by atoms with Crippen molar-refractivity contribution in [3.63, 3.8) is 0 Å². The molecule has 0 N–H and O–H groups in total. The van der Waals surface area contributed by atoms with Crippen molar-refractivity contribution in [3.05, 3.63) is 36.4 Å². The highest BCUT2D eigenvalue weighted by Crippen LogP contribution is 2.12. The third kappa shape index (κ3) is 2.10. The number of aromatic nitrogens is 1. The van der Waals surface area contributed by atoms with E-state index in [9.17, 15) is 0 Å². The van der Waals surface area contributed by atoms with Crippen LogP contribution in [0.15, 0.2) is 36.4 Å². The quantitative estimate of drug-likeness (QED) is 0.766. The zero-order chi connectivity index (χ0) is 12.3. The average molecular weight is 249 g/mol. The van der Waals surface area contributed by atoms with E-state index in [2.05, 4.69) is 4.98 Å². The lowest BCUT2D eigenvalue weighted by Gasteiger charge is -2.23. The lowest BCUT2D eigenvalue weighted by molar-refractivity contribution is 0.139. The number of para-hydroxylation sites is 1. The highest BCUT2D eigenvalue weighted by Gasteiger charge is 2.42. The van der Waals surface area contributed by atoms with Gasteiger partial charge in [-0.25, -0.2) is 4.98 Å². The summed E-state index contributed by atoms with van der Waals surface area (Å²) in [6, 6.07) is 11.8. The van der Waals surface area contributed by atoms with Crippen LogP contribution in [0.25, 0.3) is 10.9 Å². The van der Waals surface area contributed by atoms with Gasteiger partial charge in [-0.2, -0.15) is 0 Å². The van der Waals surface area contributed by atoms with Crippen LogP contribution in [0.2, 0.25) is 0 Å². The summed E-state index contributed by atoms with van der Waals surface area (Å²) in [4.78, 5) is 4.55. The van der Waals surface area contributed by atoms with Crippen molar-refractivity contribution >= 4 is 25.0 Å². The Balaban J connectivity index is 2.55. The van der Waals surface area contributed by atoms with Gasteiger partial charge >= 0.3 is 8.80 Å². The molecule has 1 aromatic carbocycles. The summed E-state index contributed by atoms with van der Waals surface area (Å²) in [5.41, 5.74) is 0.910. The van der Waals surface area contributed by atoms with Crippen molar-refractivity contribution in [3.8, 4) is 0 Å². The minimum absolute atomic E-state index is 0.726. The number of hydrogen-bond donors (Lipinski definition) is 0. The second-order valence-corrected chi connectivity index (χ2v) is 6.41. The van der Waals surface area contributed by atoms with Gasteiger partial charge in [0.25, 0.3) is 0 Å². The van der Waals surface area contributed by atoms with Gasteiger partial charge in [-0.15, -0.1) is 0 Å². The molecule has 2 aromatic rings. The smallest absolute Gasteiger partial charge is 0.373 e. The topological polar surface area (TPSA) is 40.6 Å². The molecule has 0 saturated heterocycles. The van der Waals surface area contributed by atoms with E-state index < -0.39 is 8.80 Å². The molecule has 0 radical (unpaired) electrons. The van der Waals surface area contributed by atoms with Crippen molar-refractivity contribution in [1.29, 1.82) is 0 Å². The predicted molar refractivity (Wildman–Crippen MR) is 68.2 cm³/mol. The zero-order valence-electron chi connectivity index (χ0n) is 10.1. The van der Waals surface area contributed by atoms with Crippen molar-refractivity contribution in [2.75, 3.05) is 21.3 Å². The first-order chi connectivity index (χ1) is 8.25. The lowest BCUT2D eigenvalue weighted by Crippen LogP contribution is -2.55. The van der Waals surface area contributed by atoms with Crippen LogP contribution in [0.3, 0.4) is 0 Å². The van der Waals surface area contributed by atoms with Gasteiger partial charge in [0, 0.05) is 26.7 Å². The van der Waals surface area contributed by atoms with E-state index in [0.717, 1.165) is 16.2 Å². The summed E-state index contributed by atoms with van der Waals surface area (Å²) < 4.78 is 16.2. The molecule has 17 heavy (non-hydrogen) atoms.